The van der Waals surface area contributed by atoms with Crippen LogP contribution in [0.3, 0.4) is 0 Å². The number of nitrogens with zero attached hydrogens (tertiary/aromatic N) is 2. The van der Waals surface area contributed by atoms with Crippen molar-refractivity contribution >= 4 is 22.2 Å². The lowest BCUT2D eigenvalue weighted by Crippen LogP contribution is -2.15. The number of hydrogen-bond donors (Lipinski definition) is 1. The van der Waals surface area contributed by atoms with Gasteiger partial charge in [0.2, 0.25) is 0 Å². The maximum atomic E-state index is 4.82. The first-order valence-electron chi connectivity index (χ1n) is 7.17. The minimum Gasteiger partial charge on any atom is -0.318 e. The minimum atomic E-state index is 0.895. The van der Waals surface area contributed by atoms with Crippen molar-refractivity contribution in [2.24, 2.45) is 0 Å². The summed E-state index contributed by atoms with van der Waals surface area (Å²) in [5.74, 6) is 0. The Labute approximate surface area is 125 Å². The van der Waals surface area contributed by atoms with Gasteiger partial charge < -0.3 is 10.2 Å². The Morgan fingerprint density at radius 1 is 1.20 bits per heavy atom. The van der Waals surface area contributed by atoms with Gasteiger partial charge in [-0.2, -0.15) is 0 Å². The Morgan fingerprint density at radius 3 is 2.45 bits per heavy atom. The highest BCUT2D eigenvalue weighted by Crippen LogP contribution is 2.32. The third-order valence-corrected chi connectivity index (χ3v) is 4.45. The molecule has 0 radical (unpaired) electrons. The molecule has 0 saturated heterocycles. The van der Waals surface area contributed by atoms with Crippen molar-refractivity contribution < 1.29 is 0 Å². The van der Waals surface area contributed by atoms with E-state index in [1.54, 1.807) is 11.3 Å². The van der Waals surface area contributed by atoms with Crippen molar-refractivity contribution in [1.29, 1.82) is 0 Å². The van der Waals surface area contributed by atoms with E-state index in [-0.39, 0.29) is 0 Å². The van der Waals surface area contributed by atoms with Crippen molar-refractivity contribution in [3.63, 3.8) is 0 Å². The van der Waals surface area contributed by atoms with Crippen LogP contribution in [0.25, 0.3) is 0 Å². The van der Waals surface area contributed by atoms with E-state index in [1.807, 2.05) is 7.05 Å². The number of aromatic nitrogens is 1. The molecule has 0 aliphatic carbocycles. The number of aryl methyl sites for hydroxylation is 2. The summed E-state index contributed by atoms with van der Waals surface area (Å²) < 4.78 is 0. The second-order valence-corrected chi connectivity index (χ2v) is 5.89. The first-order valence-corrected chi connectivity index (χ1v) is 7.98. The van der Waals surface area contributed by atoms with Gasteiger partial charge in [-0.3, -0.25) is 0 Å². The van der Waals surface area contributed by atoms with Gasteiger partial charge >= 0.3 is 0 Å². The molecular weight excluding hydrogens is 266 g/mol. The van der Waals surface area contributed by atoms with E-state index in [4.69, 9.17) is 4.98 Å². The average Bonchev–Trinajstić information content (AvgIpc) is 2.85. The Bertz CT molecular complexity index is 545. The Kier molecular flexibility index (Phi) is 5.15. The second-order valence-electron chi connectivity index (χ2n) is 4.83. The van der Waals surface area contributed by atoms with Crippen LogP contribution < -0.4 is 10.2 Å². The molecule has 0 spiro atoms. The SMILES string of the molecule is CCc1nc(N(CC)c2ccc(C)cc2)sc1CNC. The first kappa shape index (κ1) is 15.0. The molecule has 0 atom stereocenters. The highest BCUT2D eigenvalue weighted by Gasteiger charge is 2.15. The number of rotatable bonds is 6. The van der Waals surface area contributed by atoms with E-state index < -0.39 is 0 Å². The van der Waals surface area contributed by atoms with Crippen molar-refractivity contribution in [1.82, 2.24) is 10.3 Å². The standard InChI is InChI=1S/C16H23N3S/c1-5-14-15(11-17-4)20-16(18-14)19(6-2)13-9-7-12(3)8-10-13/h7-10,17H,5-6,11H2,1-4H3. The summed E-state index contributed by atoms with van der Waals surface area (Å²) in [7, 11) is 1.98. The summed E-state index contributed by atoms with van der Waals surface area (Å²) >= 11 is 1.79. The molecule has 0 saturated carbocycles. The molecule has 0 aliphatic heterocycles. The van der Waals surface area contributed by atoms with Crippen LogP contribution in [-0.2, 0) is 13.0 Å². The molecule has 2 rings (SSSR count). The van der Waals surface area contributed by atoms with Gasteiger partial charge in [-0.15, -0.1) is 0 Å². The lowest BCUT2D eigenvalue weighted by atomic mass is 10.2. The lowest BCUT2D eigenvalue weighted by Gasteiger charge is -2.20. The summed E-state index contributed by atoms with van der Waals surface area (Å²) in [4.78, 5) is 8.45. The molecule has 0 amide bonds. The topological polar surface area (TPSA) is 28.2 Å². The monoisotopic (exact) mass is 289 g/mol. The van der Waals surface area contributed by atoms with Crippen molar-refractivity contribution in [3.05, 3.63) is 40.4 Å². The number of anilines is 2. The number of hydrogen-bond acceptors (Lipinski definition) is 4. The average molecular weight is 289 g/mol. The van der Waals surface area contributed by atoms with Gasteiger partial charge in [-0.25, -0.2) is 4.98 Å². The van der Waals surface area contributed by atoms with Crippen molar-refractivity contribution in [2.75, 3.05) is 18.5 Å². The number of nitrogens with one attached hydrogen (secondary N) is 1. The van der Waals surface area contributed by atoms with Gasteiger partial charge in [-0.1, -0.05) is 36.0 Å². The molecule has 0 bridgehead atoms. The fraction of sp³-hybridized carbons (Fsp3) is 0.438. The maximum absolute atomic E-state index is 4.82. The molecule has 1 aromatic heterocycles. The van der Waals surface area contributed by atoms with Crippen LogP contribution in [0.1, 0.15) is 30.0 Å². The highest BCUT2D eigenvalue weighted by atomic mass is 32.1. The molecule has 0 fully saturated rings. The van der Waals surface area contributed by atoms with Gasteiger partial charge in [0.05, 0.1) is 5.69 Å². The molecule has 1 N–H and O–H groups in total. The highest BCUT2D eigenvalue weighted by molar-refractivity contribution is 7.15. The molecular formula is C16H23N3S. The Hall–Kier alpha value is -1.39. The van der Waals surface area contributed by atoms with Crippen LogP contribution in [0.15, 0.2) is 24.3 Å². The Balaban J connectivity index is 2.33. The van der Waals surface area contributed by atoms with Crippen molar-refractivity contribution in [3.8, 4) is 0 Å². The molecule has 1 aromatic carbocycles. The van der Waals surface area contributed by atoms with Crippen LogP contribution in [0.4, 0.5) is 10.8 Å². The molecule has 108 valence electrons. The van der Waals surface area contributed by atoms with Gasteiger partial charge in [0, 0.05) is 23.7 Å². The summed E-state index contributed by atoms with van der Waals surface area (Å²) in [6.45, 7) is 8.28. The van der Waals surface area contributed by atoms with Crippen LogP contribution >= 0.6 is 11.3 Å². The van der Waals surface area contributed by atoms with E-state index in [0.29, 0.717) is 0 Å². The van der Waals surface area contributed by atoms with Crippen LogP contribution in [0, 0.1) is 6.92 Å². The first-order chi connectivity index (χ1) is 9.69. The molecule has 0 unspecified atom stereocenters. The van der Waals surface area contributed by atoms with Crippen LogP contribution in [0.5, 0.6) is 0 Å². The second kappa shape index (κ2) is 6.86. The molecule has 3 nitrogen and oxygen atoms in total. The smallest absolute Gasteiger partial charge is 0.190 e. The third-order valence-electron chi connectivity index (χ3n) is 3.33. The molecule has 4 heteroatoms. The van der Waals surface area contributed by atoms with E-state index in [9.17, 15) is 0 Å². The van der Waals surface area contributed by atoms with E-state index in [0.717, 1.165) is 24.6 Å². The summed E-state index contributed by atoms with van der Waals surface area (Å²) in [6, 6.07) is 8.65. The van der Waals surface area contributed by atoms with Gasteiger partial charge in [0.1, 0.15) is 0 Å². The van der Waals surface area contributed by atoms with E-state index in [1.165, 1.54) is 21.8 Å². The summed E-state index contributed by atoms with van der Waals surface area (Å²) in [6.07, 6.45) is 0.985. The molecule has 2 aromatic rings. The minimum absolute atomic E-state index is 0.895. The lowest BCUT2D eigenvalue weighted by molar-refractivity contribution is 0.814. The molecule has 20 heavy (non-hydrogen) atoms. The Morgan fingerprint density at radius 2 is 1.90 bits per heavy atom. The zero-order valence-corrected chi connectivity index (χ0v) is 13.5. The number of thiazole rings is 1. The van der Waals surface area contributed by atoms with Gasteiger partial charge in [0.25, 0.3) is 0 Å². The predicted molar refractivity (Wildman–Crippen MR) is 88.1 cm³/mol. The van der Waals surface area contributed by atoms with E-state index in [2.05, 4.69) is 55.3 Å². The zero-order valence-electron chi connectivity index (χ0n) is 12.7. The van der Waals surface area contributed by atoms with Crippen molar-refractivity contribution in [2.45, 2.75) is 33.7 Å². The molecule has 0 aliphatic rings. The van der Waals surface area contributed by atoms with E-state index >= 15 is 0 Å². The predicted octanol–water partition coefficient (Wildman–Crippen LogP) is 3.89. The van der Waals surface area contributed by atoms with Gasteiger partial charge in [0.15, 0.2) is 5.13 Å². The van der Waals surface area contributed by atoms with Crippen LogP contribution in [0.2, 0.25) is 0 Å². The van der Waals surface area contributed by atoms with Gasteiger partial charge in [-0.05, 0) is 39.4 Å². The number of benzene rings is 1. The normalized spacial score (nSPS) is 10.8. The molecule has 1 heterocycles. The quantitative estimate of drug-likeness (QED) is 0.874. The third kappa shape index (κ3) is 3.19. The van der Waals surface area contributed by atoms with Crippen LogP contribution in [-0.4, -0.2) is 18.6 Å². The largest absolute Gasteiger partial charge is 0.318 e. The summed E-state index contributed by atoms with van der Waals surface area (Å²) in [5.41, 5.74) is 3.71. The fourth-order valence-electron chi connectivity index (χ4n) is 2.21. The zero-order chi connectivity index (χ0) is 14.5. The summed E-state index contributed by atoms with van der Waals surface area (Å²) in [5, 5.41) is 4.32. The fourth-order valence-corrected chi connectivity index (χ4v) is 3.46. The maximum Gasteiger partial charge on any atom is 0.190 e.